The number of carbonyl (C=O) groups is 6. The lowest BCUT2D eigenvalue weighted by Gasteiger charge is -2.11. The third-order valence-corrected chi connectivity index (χ3v) is 27.4. The average Bonchev–Trinajstić information content (AvgIpc) is 0.832. The van der Waals surface area contributed by atoms with Crippen molar-refractivity contribution in [1.82, 2.24) is 0 Å². The van der Waals surface area contributed by atoms with Gasteiger partial charge in [-0.25, -0.2) is 59.3 Å². The van der Waals surface area contributed by atoms with Crippen molar-refractivity contribution in [2.45, 2.75) is 42.1 Å². The van der Waals surface area contributed by atoms with Crippen LogP contribution in [-0.2, 0) is 60.1 Å². The second-order valence-corrected chi connectivity index (χ2v) is 38.9. The van der Waals surface area contributed by atoms with Crippen LogP contribution in [0.1, 0.15) is 62.1 Å². The first-order valence-electron chi connectivity index (χ1n) is 38.1. The summed E-state index contributed by atoms with van der Waals surface area (Å²) in [6, 6.07) is 64.4. The summed E-state index contributed by atoms with van der Waals surface area (Å²) in [6.45, 7) is 0. The maximum atomic E-state index is 12.8. The summed E-state index contributed by atoms with van der Waals surface area (Å²) in [7, 11) is -19.9. The highest BCUT2D eigenvalue weighted by Gasteiger charge is 2.33. The molecular weight excluding hydrogens is 2030 g/mol. The predicted molar refractivity (Wildman–Crippen MR) is 518 cm³/mol. The van der Waals surface area contributed by atoms with Gasteiger partial charge in [0.1, 0.15) is 34.6 Å². The van der Waals surface area contributed by atoms with E-state index in [4.69, 9.17) is 9.47 Å². The van der Waals surface area contributed by atoms with Crippen LogP contribution in [0.25, 0.3) is 0 Å². The number of nitrogens with one attached hydrogen (secondary N) is 6. The minimum Gasteiger partial charge on any atom is -0.497 e. The third-order valence-electron chi connectivity index (χ3n) is 17.3. The molecule has 0 atom stereocenters. The molecule has 0 fully saturated rings. The number of ether oxygens (including phenoxy) is 4. The molecule has 0 aromatic heterocycles. The smallest absolute Gasteiger partial charge is 0.497 e. The first kappa shape index (κ1) is 111. The summed E-state index contributed by atoms with van der Waals surface area (Å²) < 4.78 is 276. The Hall–Kier alpha value is -12.1. The number of methoxy groups -OCH3 is 2. The summed E-state index contributed by atoms with van der Waals surface area (Å²) in [5, 5.41) is 0. The molecule has 0 spiro atoms. The predicted octanol–water partition coefficient (Wildman–Crippen LogP) is 17.7. The summed E-state index contributed by atoms with van der Waals surface area (Å²) in [5.41, 5.74) is 4.11. The number of hydrogen-bond acceptors (Lipinski definition) is 28. The van der Waals surface area contributed by atoms with Crippen molar-refractivity contribution in [3.63, 3.8) is 0 Å². The number of benzene rings is 12. The minimum absolute atomic E-state index is 0.00328. The van der Waals surface area contributed by atoms with Crippen molar-refractivity contribution in [1.29, 1.82) is 0 Å². The highest BCUT2D eigenvalue weighted by Crippen LogP contribution is 2.30. The Balaban J connectivity index is 0.000000223. The third kappa shape index (κ3) is 35.5. The van der Waals surface area contributed by atoms with E-state index in [0.29, 0.717) is 61.9 Å². The fraction of sp³-hybridized carbons (Fsp3) is 0.114. The van der Waals surface area contributed by atoms with Gasteiger partial charge in [0.2, 0.25) is 0 Å². The summed E-state index contributed by atoms with van der Waals surface area (Å²) in [4.78, 5) is 68.5. The van der Waals surface area contributed by atoms with Gasteiger partial charge in [-0.15, -0.1) is 26.3 Å². The van der Waals surface area contributed by atoms with Gasteiger partial charge >= 0.3 is 12.7 Å². The first-order valence-corrected chi connectivity index (χ1v) is 50.8. The van der Waals surface area contributed by atoms with Crippen LogP contribution >= 0.6 is 75.8 Å². The highest BCUT2D eigenvalue weighted by molar-refractivity contribution is 7.94. The SMILES string of the molecule is COc1ccc(NS(=O)(=O)c2ccc(C(=O)CS)cc2)cc1.COc1ccc(S(=O)(=O)Nc2ccc(C(=O)CS)cc2)cc1.O=C(CS)c1ccc(NS(=O)(=O)c2ccc(F)cc2)cc1.O=C(CS)c1ccc(NS(=O)(=O)c2ccc(OC(F)(F)F)cc2)cc1.O=C(CS)c1ccc(S(=O)(=O)Nc2ccc(F)cc2)cc1.O=C(CS)c1ccc(S(=O)(=O)Nc2ccc(OC(F)(F)F)cc2)cc1. The van der Waals surface area contributed by atoms with Crippen molar-refractivity contribution < 1.29 is 133 Å². The summed E-state index contributed by atoms with van der Waals surface area (Å²) in [5.74, 6) is -1.46. The Morgan fingerprint density at radius 3 is 0.537 bits per heavy atom. The molecule has 720 valence electrons. The van der Waals surface area contributed by atoms with Crippen molar-refractivity contribution in [3.05, 3.63) is 336 Å². The fourth-order valence-electron chi connectivity index (χ4n) is 10.6. The van der Waals surface area contributed by atoms with Crippen LogP contribution in [0.15, 0.2) is 321 Å². The topological polar surface area (TPSA) is 416 Å². The Kier molecular flexibility index (Phi) is 41.3. The van der Waals surface area contributed by atoms with Gasteiger partial charge in [0.05, 0.1) is 78.1 Å². The highest BCUT2D eigenvalue weighted by atomic mass is 32.2. The molecular formula is C88H78F8N6O22S12. The monoisotopic (exact) mass is 2110 g/mol. The normalized spacial score (nSPS) is 11.4. The Morgan fingerprint density at radius 2 is 0.360 bits per heavy atom. The maximum absolute atomic E-state index is 12.8. The molecule has 136 heavy (non-hydrogen) atoms. The van der Waals surface area contributed by atoms with Crippen LogP contribution < -0.4 is 47.3 Å². The van der Waals surface area contributed by atoms with E-state index in [1.807, 2.05) is 0 Å². The standard InChI is InChI=1S/2C15H12F3NO4S2.2C15H15NO4S2.2C14H12FNO3S2/c16-15(17,18)23-12-5-3-11(4-6-12)19-25(21,22)13-7-1-10(2-8-13)14(20)9-24;16-15(17,18)23-12-5-7-13(8-6-12)25(21,22)19-11-3-1-10(2-4-11)14(20)9-24;1-20-13-6-4-12(5-7-13)16-22(18,19)14-8-2-11(3-9-14)15(17)10-21;1-20-13-6-8-14(9-7-13)22(18,19)16-12-4-2-11(3-5-12)15(17)10-21;15-11-3-5-12(6-4-11)16-21(18,19)13-7-1-10(2-8-13)14(17)9-20;15-11-3-7-13(8-4-11)21(18,19)16-12-5-1-10(2-6-12)14(17)9-20/h2*1-8,19,24H,9H2;2*2-9,16,21H,10H2,1H3;2*1-8,16,20H,9H2. The van der Waals surface area contributed by atoms with Gasteiger partial charge in [-0.2, -0.15) is 75.8 Å². The van der Waals surface area contributed by atoms with E-state index in [9.17, 15) is 114 Å². The Morgan fingerprint density at radius 1 is 0.228 bits per heavy atom. The zero-order valence-corrected chi connectivity index (χ0v) is 80.4. The van der Waals surface area contributed by atoms with Crippen LogP contribution in [-0.4, -0.2) is 147 Å². The molecule has 0 aliphatic heterocycles. The lowest BCUT2D eigenvalue weighted by Crippen LogP contribution is -2.17. The maximum Gasteiger partial charge on any atom is 0.573 e. The largest absolute Gasteiger partial charge is 0.573 e. The quantitative estimate of drug-likeness (QED) is 0.0101. The van der Waals surface area contributed by atoms with Gasteiger partial charge in [0.15, 0.2) is 34.7 Å². The zero-order valence-electron chi connectivity index (χ0n) is 70.1. The van der Waals surface area contributed by atoms with Crippen LogP contribution in [0.5, 0.6) is 23.0 Å². The molecule has 0 aliphatic rings. The molecule has 0 unspecified atom stereocenters. The van der Waals surface area contributed by atoms with Gasteiger partial charge in [0, 0.05) is 67.5 Å². The van der Waals surface area contributed by atoms with Crippen LogP contribution in [0.3, 0.4) is 0 Å². The molecule has 12 aromatic rings. The van der Waals surface area contributed by atoms with Crippen LogP contribution in [0.2, 0.25) is 0 Å². The molecule has 0 heterocycles. The molecule has 12 aromatic carbocycles. The average molecular weight is 2110 g/mol. The number of sulfonamides is 6. The van der Waals surface area contributed by atoms with Crippen LogP contribution in [0, 0.1) is 11.6 Å². The molecule has 0 saturated carbocycles. The Labute approximate surface area is 809 Å². The van der Waals surface area contributed by atoms with E-state index in [-0.39, 0.29) is 116 Å². The zero-order chi connectivity index (χ0) is 101. The minimum atomic E-state index is -4.86. The lowest BCUT2D eigenvalue weighted by molar-refractivity contribution is -0.275. The van der Waals surface area contributed by atoms with Gasteiger partial charge in [-0.05, 0) is 255 Å². The van der Waals surface area contributed by atoms with Crippen molar-refractivity contribution in [2.75, 3.05) is 77.1 Å². The number of anilines is 6. The van der Waals surface area contributed by atoms with Crippen molar-refractivity contribution >= 4 is 205 Å². The fourth-order valence-corrected chi connectivity index (χ4v) is 18.0. The molecule has 12 rings (SSSR count). The van der Waals surface area contributed by atoms with E-state index < -0.39 is 96.0 Å². The number of rotatable bonds is 34. The van der Waals surface area contributed by atoms with E-state index in [1.165, 1.54) is 184 Å². The van der Waals surface area contributed by atoms with Gasteiger partial charge in [0.25, 0.3) is 60.1 Å². The van der Waals surface area contributed by atoms with E-state index in [1.54, 1.807) is 48.5 Å². The summed E-state index contributed by atoms with van der Waals surface area (Å²) >= 11 is 23.3. The van der Waals surface area contributed by atoms with Gasteiger partial charge in [-0.1, -0.05) is 36.4 Å². The Bertz CT molecular complexity index is 6830. The molecule has 0 radical (unpaired) electrons. The molecule has 0 amide bonds. The molecule has 0 saturated heterocycles. The number of halogens is 8. The van der Waals surface area contributed by atoms with Crippen LogP contribution in [0.4, 0.5) is 69.2 Å². The van der Waals surface area contributed by atoms with Gasteiger partial charge in [-0.3, -0.25) is 57.1 Å². The second kappa shape index (κ2) is 50.6. The number of Topliss-reactive ketones (excluding diaryl/α,β-unsaturated/α-hetero) is 6. The first-order chi connectivity index (χ1) is 64.0. The van der Waals surface area contributed by atoms with E-state index >= 15 is 0 Å². The molecule has 28 nitrogen and oxygen atoms in total. The number of carbonyl (C=O) groups excluding carboxylic acids is 6. The van der Waals surface area contributed by atoms with Crippen molar-refractivity contribution in [3.8, 4) is 23.0 Å². The number of thiol groups is 6. The van der Waals surface area contributed by atoms with Crippen molar-refractivity contribution in [2.24, 2.45) is 0 Å². The molecule has 0 aliphatic carbocycles. The molecule has 0 bridgehead atoms. The van der Waals surface area contributed by atoms with E-state index in [0.717, 1.165) is 72.8 Å². The number of alkyl halides is 6. The second-order valence-electron chi connectivity index (χ2n) is 26.9. The van der Waals surface area contributed by atoms with Gasteiger partial charge < -0.3 is 18.9 Å². The van der Waals surface area contributed by atoms with E-state index in [2.05, 4.69) is 114 Å². The summed E-state index contributed by atoms with van der Waals surface area (Å²) in [6.07, 6.45) is -9.68. The lowest BCUT2D eigenvalue weighted by atomic mass is 10.1. The number of hydrogen-bond donors (Lipinski definition) is 12. The molecule has 48 heteroatoms. The molecule has 6 N–H and O–H groups in total. The number of ketones is 6.